The number of carbonyl (C=O) groups excluding carboxylic acids is 1. The van der Waals surface area contributed by atoms with Gasteiger partial charge in [-0.1, -0.05) is 6.07 Å². The number of amides is 1. The van der Waals surface area contributed by atoms with Crippen LogP contribution in [0.4, 0.5) is 0 Å². The van der Waals surface area contributed by atoms with E-state index in [9.17, 15) is 4.79 Å². The molecule has 0 aliphatic carbocycles. The van der Waals surface area contributed by atoms with Crippen molar-refractivity contribution >= 4 is 18.3 Å². The number of piperazine rings is 1. The standard InChI is InChI=1S/C14H22N4O.ClH/c1-11(15)14(19)18-8-6-17(7-9-18)12(2)13-4-3-5-16-10-13;/h3-5,10-12H,6-9,15H2,1-2H3;1H. The first kappa shape index (κ1) is 16.9. The van der Waals surface area contributed by atoms with Crippen molar-refractivity contribution in [2.24, 2.45) is 5.73 Å². The zero-order valence-electron chi connectivity index (χ0n) is 12.0. The molecule has 1 aliphatic rings. The molecule has 2 unspecified atom stereocenters. The number of rotatable bonds is 3. The van der Waals surface area contributed by atoms with Gasteiger partial charge in [0.2, 0.25) is 5.91 Å². The largest absolute Gasteiger partial charge is 0.339 e. The molecule has 20 heavy (non-hydrogen) atoms. The highest BCUT2D eigenvalue weighted by atomic mass is 35.5. The van der Waals surface area contributed by atoms with Crippen LogP contribution in [0.5, 0.6) is 0 Å². The maximum absolute atomic E-state index is 11.8. The predicted octanol–water partition coefficient (Wildman–Crippen LogP) is 1.06. The Labute approximate surface area is 126 Å². The Bertz CT molecular complexity index is 418. The van der Waals surface area contributed by atoms with E-state index in [1.165, 1.54) is 5.56 Å². The summed E-state index contributed by atoms with van der Waals surface area (Å²) in [5, 5.41) is 0. The number of nitrogens with zero attached hydrogens (tertiary/aromatic N) is 3. The Kier molecular flexibility index (Phi) is 6.39. The van der Waals surface area contributed by atoms with Crippen LogP contribution in [0.2, 0.25) is 0 Å². The summed E-state index contributed by atoms with van der Waals surface area (Å²) >= 11 is 0. The lowest BCUT2D eigenvalue weighted by molar-refractivity contribution is -0.134. The SMILES string of the molecule is CC(N)C(=O)N1CCN(C(C)c2cccnc2)CC1.Cl. The summed E-state index contributed by atoms with van der Waals surface area (Å²) in [6.07, 6.45) is 3.69. The first-order valence-electron chi connectivity index (χ1n) is 6.78. The van der Waals surface area contributed by atoms with E-state index in [0.29, 0.717) is 6.04 Å². The minimum atomic E-state index is -0.401. The molecule has 6 heteroatoms. The number of halogens is 1. The second-order valence-corrected chi connectivity index (χ2v) is 5.11. The van der Waals surface area contributed by atoms with Crippen LogP contribution < -0.4 is 5.73 Å². The third kappa shape index (κ3) is 3.91. The van der Waals surface area contributed by atoms with Crippen molar-refractivity contribution in [2.45, 2.75) is 25.9 Å². The minimum absolute atomic E-state index is 0. The van der Waals surface area contributed by atoms with Crippen LogP contribution in [0.3, 0.4) is 0 Å². The highest BCUT2D eigenvalue weighted by Gasteiger charge is 2.25. The average molecular weight is 299 g/mol. The third-order valence-corrected chi connectivity index (χ3v) is 3.73. The minimum Gasteiger partial charge on any atom is -0.339 e. The maximum Gasteiger partial charge on any atom is 0.239 e. The fourth-order valence-electron chi connectivity index (χ4n) is 2.45. The molecular weight excluding hydrogens is 276 g/mol. The molecule has 1 amide bonds. The lowest BCUT2D eigenvalue weighted by atomic mass is 10.1. The van der Waals surface area contributed by atoms with E-state index >= 15 is 0 Å². The number of aromatic nitrogens is 1. The van der Waals surface area contributed by atoms with Crippen LogP contribution in [-0.2, 0) is 4.79 Å². The summed E-state index contributed by atoms with van der Waals surface area (Å²) in [6, 6.07) is 3.99. The Morgan fingerprint density at radius 3 is 2.45 bits per heavy atom. The summed E-state index contributed by atoms with van der Waals surface area (Å²) in [5.41, 5.74) is 6.86. The van der Waals surface area contributed by atoms with Gasteiger partial charge >= 0.3 is 0 Å². The van der Waals surface area contributed by atoms with Crippen molar-refractivity contribution in [3.05, 3.63) is 30.1 Å². The topological polar surface area (TPSA) is 62.5 Å². The van der Waals surface area contributed by atoms with Gasteiger partial charge in [0.15, 0.2) is 0 Å². The van der Waals surface area contributed by atoms with Crippen molar-refractivity contribution in [1.82, 2.24) is 14.8 Å². The highest BCUT2D eigenvalue weighted by molar-refractivity contribution is 5.85. The quantitative estimate of drug-likeness (QED) is 0.906. The molecule has 0 spiro atoms. The number of hydrogen-bond acceptors (Lipinski definition) is 4. The number of nitrogens with two attached hydrogens (primary N) is 1. The second-order valence-electron chi connectivity index (χ2n) is 5.11. The Balaban J connectivity index is 0.00000200. The molecule has 112 valence electrons. The molecule has 2 heterocycles. The lowest BCUT2D eigenvalue weighted by Gasteiger charge is -2.38. The van der Waals surface area contributed by atoms with E-state index in [2.05, 4.69) is 22.9 Å². The van der Waals surface area contributed by atoms with Gasteiger partial charge in [0.05, 0.1) is 6.04 Å². The molecular formula is C14H23ClN4O. The summed E-state index contributed by atoms with van der Waals surface area (Å²) in [4.78, 5) is 20.2. The average Bonchev–Trinajstić information content (AvgIpc) is 2.46. The molecule has 0 bridgehead atoms. The van der Waals surface area contributed by atoms with Gasteiger partial charge in [0.25, 0.3) is 0 Å². The van der Waals surface area contributed by atoms with Crippen LogP contribution in [-0.4, -0.2) is 52.9 Å². The molecule has 1 fully saturated rings. The smallest absolute Gasteiger partial charge is 0.239 e. The van der Waals surface area contributed by atoms with Crippen molar-refractivity contribution in [1.29, 1.82) is 0 Å². The van der Waals surface area contributed by atoms with Crippen LogP contribution in [0.25, 0.3) is 0 Å². The summed E-state index contributed by atoms with van der Waals surface area (Å²) in [6.45, 7) is 7.20. The van der Waals surface area contributed by atoms with Gasteiger partial charge in [-0.3, -0.25) is 14.7 Å². The van der Waals surface area contributed by atoms with Gasteiger partial charge in [0, 0.05) is 44.6 Å². The Morgan fingerprint density at radius 2 is 1.95 bits per heavy atom. The van der Waals surface area contributed by atoms with E-state index < -0.39 is 6.04 Å². The van der Waals surface area contributed by atoms with E-state index in [1.807, 2.05) is 17.2 Å². The highest BCUT2D eigenvalue weighted by Crippen LogP contribution is 2.20. The molecule has 2 atom stereocenters. The van der Waals surface area contributed by atoms with Gasteiger partial charge in [0.1, 0.15) is 0 Å². The van der Waals surface area contributed by atoms with Crippen molar-refractivity contribution in [3.63, 3.8) is 0 Å². The second kappa shape index (κ2) is 7.57. The molecule has 1 aliphatic heterocycles. The van der Waals surface area contributed by atoms with Crippen molar-refractivity contribution < 1.29 is 4.79 Å². The summed E-state index contributed by atoms with van der Waals surface area (Å²) < 4.78 is 0. The normalized spacial score (nSPS) is 19.1. The van der Waals surface area contributed by atoms with Crippen LogP contribution in [0.15, 0.2) is 24.5 Å². The Morgan fingerprint density at radius 1 is 1.30 bits per heavy atom. The van der Waals surface area contributed by atoms with E-state index in [-0.39, 0.29) is 18.3 Å². The van der Waals surface area contributed by atoms with Crippen LogP contribution in [0, 0.1) is 0 Å². The molecule has 0 radical (unpaired) electrons. The van der Waals surface area contributed by atoms with E-state index in [0.717, 1.165) is 26.2 Å². The first-order chi connectivity index (χ1) is 9.09. The molecule has 0 aromatic carbocycles. The number of carbonyl (C=O) groups is 1. The monoisotopic (exact) mass is 298 g/mol. The predicted molar refractivity (Wildman–Crippen MR) is 81.7 cm³/mol. The number of pyridine rings is 1. The summed E-state index contributed by atoms with van der Waals surface area (Å²) in [7, 11) is 0. The fourth-order valence-corrected chi connectivity index (χ4v) is 2.45. The molecule has 1 aromatic heterocycles. The lowest BCUT2D eigenvalue weighted by Crippen LogP contribution is -2.52. The molecule has 0 saturated carbocycles. The van der Waals surface area contributed by atoms with E-state index in [4.69, 9.17) is 5.73 Å². The molecule has 5 nitrogen and oxygen atoms in total. The van der Waals surface area contributed by atoms with Gasteiger partial charge in [-0.25, -0.2) is 0 Å². The Hall–Kier alpha value is -1.17. The number of hydrogen-bond donors (Lipinski definition) is 1. The first-order valence-corrected chi connectivity index (χ1v) is 6.78. The molecule has 2 N–H and O–H groups in total. The zero-order chi connectivity index (χ0) is 13.8. The van der Waals surface area contributed by atoms with E-state index in [1.54, 1.807) is 13.1 Å². The molecule has 1 aromatic rings. The van der Waals surface area contributed by atoms with Crippen LogP contribution in [0.1, 0.15) is 25.5 Å². The van der Waals surface area contributed by atoms with Crippen LogP contribution >= 0.6 is 12.4 Å². The summed E-state index contributed by atoms with van der Waals surface area (Å²) in [5.74, 6) is 0.0497. The van der Waals surface area contributed by atoms with Gasteiger partial charge in [-0.2, -0.15) is 0 Å². The van der Waals surface area contributed by atoms with Gasteiger partial charge in [-0.05, 0) is 25.5 Å². The zero-order valence-corrected chi connectivity index (χ0v) is 12.8. The van der Waals surface area contributed by atoms with Crippen molar-refractivity contribution in [2.75, 3.05) is 26.2 Å². The molecule has 2 rings (SSSR count). The van der Waals surface area contributed by atoms with Gasteiger partial charge < -0.3 is 10.6 Å². The van der Waals surface area contributed by atoms with Crippen molar-refractivity contribution in [3.8, 4) is 0 Å². The third-order valence-electron chi connectivity index (χ3n) is 3.73. The maximum atomic E-state index is 11.8. The fraction of sp³-hybridized carbons (Fsp3) is 0.571. The van der Waals surface area contributed by atoms with Gasteiger partial charge in [-0.15, -0.1) is 12.4 Å². The molecule has 1 saturated heterocycles.